The second-order valence-corrected chi connectivity index (χ2v) is 7.84. The lowest BCUT2D eigenvalue weighted by atomic mass is 10.1. The summed E-state index contributed by atoms with van der Waals surface area (Å²) >= 11 is 0. The summed E-state index contributed by atoms with van der Waals surface area (Å²) in [6, 6.07) is 7.42. The number of aromatic nitrogens is 3. The number of nitrogens with one attached hydrogen (secondary N) is 2. The number of nitrogens with two attached hydrogens (primary N) is 1. The van der Waals surface area contributed by atoms with Gasteiger partial charge in [-0.15, -0.1) is 0 Å². The lowest BCUT2D eigenvalue weighted by Crippen LogP contribution is -2.36. The number of ether oxygens (including phenoxy) is 1. The van der Waals surface area contributed by atoms with Crippen molar-refractivity contribution in [3.8, 4) is 5.75 Å². The fourth-order valence-corrected chi connectivity index (χ4v) is 3.89. The minimum atomic E-state index is -0.651. The molecule has 0 aliphatic carbocycles. The Hall–Kier alpha value is -3.95. The maximum Gasteiger partial charge on any atom is 0.277 e. The Balaban J connectivity index is 1.47. The molecule has 172 valence electrons. The normalized spacial score (nSPS) is 14.6. The number of carbonyl (C=O) groups is 1. The van der Waals surface area contributed by atoms with E-state index in [0.29, 0.717) is 30.0 Å². The minimum absolute atomic E-state index is 0.150. The van der Waals surface area contributed by atoms with Gasteiger partial charge in [0.15, 0.2) is 11.6 Å². The summed E-state index contributed by atoms with van der Waals surface area (Å²) in [7, 11) is 1.40. The number of methoxy groups -OCH3 is 1. The van der Waals surface area contributed by atoms with Crippen LogP contribution in [0.2, 0.25) is 0 Å². The predicted octanol–water partition coefficient (Wildman–Crippen LogP) is 2.09. The van der Waals surface area contributed by atoms with Crippen LogP contribution in [0.15, 0.2) is 41.3 Å². The molecular weight excluding hydrogens is 427 g/mol. The van der Waals surface area contributed by atoms with Crippen LogP contribution in [0.4, 0.5) is 15.9 Å². The van der Waals surface area contributed by atoms with E-state index in [4.69, 9.17) is 10.5 Å². The maximum atomic E-state index is 13.9. The maximum absolute atomic E-state index is 13.9. The molecule has 10 heteroatoms. The lowest BCUT2D eigenvalue weighted by Gasteiger charge is -2.16. The van der Waals surface area contributed by atoms with Crippen molar-refractivity contribution in [2.75, 3.05) is 18.2 Å². The summed E-state index contributed by atoms with van der Waals surface area (Å²) in [4.78, 5) is 34.5. The van der Waals surface area contributed by atoms with Crippen molar-refractivity contribution in [1.82, 2.24) is 19.9 Å². The number of amides is 1. The molecule has 0 saturated heterocycles. The summed E-state index contributed by atoms with van der Waals surface area (Å²) in [5.74, 6) is 0.387. The highest BCUT2D eigenvalue weighted by Crippen LogP contribution is 2.24. The Kier molecular flexibility index (Phi) is 6.25. The minimum Gasteiger partial charge on any atom is -0.494 e. The van der Waals surface area contributed by atoms with E-state index in [-0.39, 0.29) is 36.0 Å². The highest BCUT2D eigenvalue weighted by Gasteiger charge is 2.31. The van der Waals surface area contributed by atoms with Crippen molar-refractivity contribution in [1.29, 1.82) is 0 Å². The number of aryl methyl sites for hydroxylation is 2. The van der Waals surface area contributed by atoms with E-state index in [9.17, 15) is 14.0 Å². The number of fused-ring (bicyclic) bond motifs is 1. The summed E-state index contributed by atoms with van der Waals surface area (Å²) in [5, 5.41) is 5.88. The van der Waals surface area contributed by atoms with Crippen molar-refractivity contribution in [2.24, 2.45) is 0 Å². The third-order valence-electron chi connectivity index (χ3n) is 5.69. The largest absolute Gasteiger partial charge is 0.494 e. The van der Waals surface area contributed by atoms with E-state index >= 15 is 0 Å². The first kappa shape index (κ1) is 22.3. The third kappa shape index (κ3) is 4.64. The van der Waals surface area contributed by atoms with E-state index < -0.39 is 11.9 Å². The molecule has 0 bridgehead atoms. The molecule has 4 N–H and O–H groups in total. The van der Waals surface area contributed by atoms with E-state index in [1.165, 1.54) is 30.0 Å². The fraction of sp³-hybridized carbons (Fsp3) is 0.304. The van der Waals surface area contributed by atoms with Crippen LogP contribution in [-0.4, -0.2) is 27.6 Å². The van der Waals surface area contributed by atoms with Crippen LogP contribution in [0.1, 0.15) is 35.1 Å². The van der Waals surface area contributed by atoms with E-state index in [2.05, 4.69) is 20.6 Å². The molecule has 0 saturated carbocycles. The fourth-order valence-electron chi connectivity index (χ4n) is 3.89. The number of nitrogens with zero attached hydrogens (tertiary/aromatic N) is 3. The lowest BCUT2D eigenvalue weighted by molar-refractivity contribution is -0.124. The van der Waals surface area contributed by atoms with E-state index in [1.54, 1.807) is 12.1 Å². The quantitative estimate of drug-likeness (QED) is 0.501. The first-order valence-electron chi connectivity index (χ1n) is 10.5. The highest BCUT2D eigenvalue weighted by molar-refractivity contribution is 5.81. The van der Waals surface area contributed by atoms with Crippen LogP contribution in [0.3, 0.4) is 0 Å². The predicted molar refractivity (Wildman–Crippen MR) is 121 cm³/mol. The van der Waals surface area contributed by atoms with E-state index in [0.717, 1.165) is 11.3 Å². The molecule has 0 radical (unpaired) electrons. The third-order valence-corrected chi connectivity index (χ3v) is 5.69. The summed E-state index contributed by atoms with van der Waals surface area (Å²) in [5.41, 5.74) is 7.81. The van der Waals surface area contributed by atoms with Gasteiger partial charge in [-0.25, -0.2) is 14.4 Å². The van der Waals surface area contributed by atoms with Gasteiger partial charge in [0, 0.05) is 25.2 Å². The van der Waals surface area contributed by atoms with Crippen LogP contribution < -0.4 is 26.7 Å². The van der Waals surface area contributed by atoms with Gasteiger partial charge < -0.3 is 21.1 Å². The number of benzene rings is 1. The molecule has 0 spiro atoms. The number of hydrogen-bond donors (Lipinski definition) is 3. The first-order valence-corrected chi connectivity index (χ1v) is 10.5. The Labute approximate surface area is 189 Å². The molecule has 33 heavy (non-hydrogen) atoms. The van der Waals surface area contributed by atoms with Gasteiger partial charge in [0.05, 0.1) is 13.3 Å². The smallest absolute Gasteiger partial charge is 0.277 e. The number of rotatable bonds is 7. The van der Waals surface area contributed by atoms with Gasteiger partial charge in [-0.05, 0) is 42.7 Å². The van der Waals surface area contributed by atoms with Crippen molar-refractivity contribution >= 4 is 17.4 Å². The number of anilines is 2. The van der Waals surface area contributed by atoms with Gasteiger partial charge in [-0.1, -0.05) is 12.1 Å². The van der Waals surface area contributed by atoms with Crippen LogP contribution in [0.25, 0.3) is 0 Å². The second-order valence-electron chi connectivity index (χ2n) is 7.84. The number of hydrogen-bond acceptors (Lipinski definition) is 7. The monoisotopic (exact) mass is 452 g/mol. The van der Waals surface area contributed by atoms with Gasteiger partial charge in [-0.2, -0.15) is 0 Å². The van der Waals surface area contributed by atoms with Crippen molar-refractivity contribution in [2.45, 2.75) is 38.9 Å². The van der Waals surface area contributed by atoms with Gasteiger partial charge in [0.25, 0.3) is 5.56 Å². The van der Waals surface area contributed by atoms with Gasteiger partial charge in [0.1, 0.15) is 23.4 Å². The van der Waals surface area contributed by atoms with Gasteiger partial charge in [0.2, 0.25) is 5.91 Å². The Morgan fingerprint density at radius 2 is 2.12 bits per heavy atom. The molecule has 1 atom stereocenters. The number of nitrogen functional groups attached to an aromatic ring is 1. The number of halogens is 1. The first-order chi connectivity index (χ1) is 15.9. The molecule has 2 aromatic heterocycles. The van der Waals surface area contributed by atoms with Crippen LogP contribution in [0.5, 0.6) is 5.75 Å². The second kappa shape index (κ2) is 9.27. The zero-order valence-corrected chi connectivity index (χ0v) is 18.4. The molecule has 1 aliphatic heterocycles. The molecule has 3 heterocycles. The highest BCUT2D eigenvalue weighted by atomic mass is 19.1. The van der Waals surface area contributed by atoms with Crippen molar-refractivity contribution in [3.05, 3.63) is 75.3 Å². The van der Waals surface area contributed by atoms with Gasteiger partial charge >= 0.3 is 0 Å². The summed E-state index contributed by atoms with van der Waals surface area (Å²) < 4.78 is 20.3. The molecule has 9 nitrogen and oxygen atoms in total. The summed E-state index contributed by atoms with van der Waals surface area (Å²) in [6.45, 7) is 2.33. The molecule has 4 rings (SSSR count). The summed E-state index contributed by atoms with van der Waals surface area (Å²) in [6.07, 6.45) is 2.47. The molecule has 1 aromatic carbocycles. The molecule has 1 aliphatic rings. The van der Waals surface area contributed by atoms with E-state index in [1.807, 2.05) is 13.0 Å². The topological polar surface area (TPSA) is 124 Å². The van der Waals surface area contributed by atoms with Crippen LogP contribution >= 0.6 is 0 Å². The van der Waals surface area contributed by atoms with Crippen LogP contribution in [0, 0.1) is 12.7 Å². The standard InChI is InChI=1S/C23H25FN6O3/c1-13-15(4-7-20(25)29-13)11-28-22(31)18-5-8-21-27-12-17(23(32)30(18)21)26-10-14-3-6-19(33-2)16(24)9-14/h3-4,6-7,9,12,18,26H,5,8,10-11H2,1-2H3,(H2,25,29)(H,28,31)/t18-/m0/s1. The zero-order valence-electron chi connectivity index (χ0n) is 18.4. The molecule has 1 amide bonds. The molecule has 0 fully saturated rings. The van der Waals surface area contributed by atoms with Gasteiger partial charge in [-0.3, -0.25) is 14.2 Å². The Bertz CT molecular complexity index is 1260. The molecule has 0 unspecified atom stereocenters. The number of pyridine rings is 1. The average Bonchev–Trinajstić information content (AvgIpc) is 3.23. The Morgan fingerprint density at radius 1 is 1.30 bits per heavy atom. The zero-order chi connectivity index (χ0) is 23.5. The molecular formula is C23H25FN6O3. The molecule has 3 aromatic rings. The van der Waals surface area contributed by atoms with Crippen LogP contribution in [-0.2, 0) is 24.3 Å². The average molecular weight is 452 g/mol. The van der Waals surface area contributed by atoms with Crippen molar-refractivity contribution in [3.63, 3.8) is 0 Å². The Morgan fingerprint density at radius 3 is 2.85 bits per heavy atom. The number of carbonyl (C=O) groups excluding carboxylic acids is 1. The van der Waals surface area contributed by atoms with Crippen molar-refractivity contribution < 1.29 is 13.9 Å². The SMILES string of the molecule is COc1ccc(CNc2cnc3n(c2=O)[C@H](C(=O)NCc2ccc(N)nc2C)CC3)cc1F.